The molecule has 0 radical (unpaired) electrons. The number of pyridine rings is 1. The molecule has 0 saturated carbocycles. The van der Waals surface area contributed by atoms with Crippen molar-refractivity contribution in [3.8, 4) is 0 Å². The predicted octanol–water partition coefficient (Wildman–Crippen LogP) is 1.89. The Labute approximate surface area is 158 Å². The fourth-order valence-electron chi connectivity index (χ4n) is 4.35. The van der Waals surface area contributed by atoms with Crippen molar-refractivity contribution in [3.63, 3.8) is 0 Å². The molecule has 0 unspecified atom stereocenters. The number of rotatable bonds is 4. The minimum absolute atomic E-state index is 0.00409. The summed E-state index contributed by atoms with van der Waals surface area (Å²) in [6, 6.07) is 5.43. The van der Waals surface area contributed by atoms with Gasteiger partial charge in [-0.3, -0.25) is 14.6 Å². The van der Waals surface area contributed by atoms with E-state index in [4.69, 9.17) is 0 Å². The Morgan fingerprint density at radius 3 is 2.96 bits per heavy atom. The maximum absolute atomic E-state index is 12.8. The molecule has 4 rings (SSSR count). The lowest BCUT2D eigenvalue weighted by molar-refractivity contribution is -0.138. The normalized spacial score (nSPS) is 23.0. The highest BCUT2D eigenvalue weighted by atomic mass is 16.2. The molecule has 2 saturated heterocycles. The van der Waals surface area contributed by atoms with Crippen LogP contribution in [0.15, 0.2) is 36.9 Å². The van der Waals surface area contributed by atoms with E-state index in [1.54, 1.807) is 24.8 Å². The van der Waals surface area contributed by atoms with Crippen LogP contribution in [0.5, 0.6) is 0 Å². The van der Waals surface area contributed by atoms with Gasteiger partial charge in [-0.2, -0.15) is 0 Å². The van der Waals surface area contributed by atoms with Crippen molar-refractivity contribution in [1.82, 2.24) is 24.8 Å². The summed E-state index contributed by atoms with van der Waals surface area (Å²) in [6.45, 7) is 2.89. The smallest absolute Gasteiger partial charge is 0.272 e. The van der Waals surface area contributed by atoms with Crippen molar-refractivity contribution in [2.45, 2.75) is 32.1 Å². The van der Waals surface area contributed by atoms with E-state index < -0.39 is 0 Å². The predicted molar refractivity (Wildman–Crippen MR) is 99.9 cm³/mol. The Kier molecular flexibility index (Phi) is 4.92. The van der Waals surface area contributed by atoms with Gasteiger partial charge in [-0.05, 0) is 31.4 Å². The second-order valence-electron chi connectivity index (χ2n) is 7.69. The lowest BCUT2D eigenvalue weighted by Crippen LogP contribution is -2.55. The zero-order chi connectivity index (χ0) is 18.7. The van der Waals surface area contributed by atoms with Gasteiger partial charge in [0, 0.05) is 62.5 Å². The van der Waals surface area contributed by atoms with Crippen molar-refractivity contribution in [2.75, 3.05) is 26.2 Å². The van der Waals surface area contributed by atoms with Gasteiger partial charge < -0.3 is 14.8 Å². The molecule has 2 aromatic heterocycles. The van der Waals surface area contributed by atoms with E-state index in [9.17, 15) is 9.59 Å². The number of aromatic nitrogens is 3. The summed E-state index contributed by atoms with van der Waals surface area (Å²) in [5, 5.41) is 0. The van der Waals surface area contributed by atoms with Crippen LogP contribution >= 0.6 is 0 Å². The number of imidazole rings is 1. The fraction of sp³-hybridized carbons (Fsp3) is 0.500. The molecule has 2 fully saturated rings. The average Bonchev–Trinajstić information content (AvgIpc) is 3.23. The van der Waals surface area contributed by atoms with Gasteiger partial charge in [0.25, 0.3) is 5.91 Å². The van der Waals surface area contributed by atoms with Gasteiger partial charge >= 0.3 is 0 Å². The number of piperidine rings is 2. The number of carbonyl (C=O) groups is 2. The fourth-order valence-corrected chi connectivity index (χ4v) is 4.35. The molecule has 0 aromatic carbocycles. The topological polar surface area (TPSA) is 82.2 Å². The summed E-state index contributed by atoms with van der Waals surface area (Å²) in [7, 11) is 0. The van der Waals surface area contributed by atoms with Crippen LogP contribution in [0.4, 0.5) is 0 Å². The van der Waals surface area contributed by atoms with E-state index in [2.05, 4.69) is 15.0 Å². The largest absolute Gasteiger partial charge is 0.348 e. The van der Waals surface area contributed by atoms with Gasteiger partial charge in [0.2, 0.25) is 5.91 Å². The number of carbonyl (C=O) groups excluding carboxylic acids is 2. The number of nitrogens with zero attached hydrogens (tertiary/aromatic N) is 4. The number of aromatic amines is 1. The molecule has 7 nitrogen and oxygen atoms in total. The lowest BCUT2D eigenvalue weighted by atomic mass is 9.73. The van der Waals surface area contributed by atoms with Crippen LogP contribution in [0.2, 0.25) is 0 Å². The first-order chi connectivity index (χ1) is 13.2. The molecule has 27 heavy (non-hydrogen) atoms. The van der Waals surface area contributed by atoms with Crippen molar-refractivity contribution < 1.29 is 9.59 Å². The first kappa shape index (κ1) is 17.7. The van der Waals surface area contributed by atoms with Crippen molar-refractivity contribution in [2.24, 2.45) is 5.41 Å². The van der Waals surface area contributed by atoms with Crippen LogP contribution in [-0.2, 0) is 11.2 Å². The number of hydrogen-bond acceptors (Lipinski definition) is 4. The highest BCUT2D eigenvalue weighted by molar-refractivity contribution is 5.92. The number of amides is 2. The molecule has 4 heterocycles. The first-order valence-corrected chi connectivity index (χ1v) is 9.61. The molecule has 1 spiro atoms. The Bertz CT molecular complexity index is 792. The van der Waals surface area contributed by atoms with Gasteiger partial charge in [-0.25, -0.2) is 4.98 Å². The summed E-state index contributed by atoms with van der Waals surface area (Å²) in [5.41, 5.74) is 1.54. The van der Waals surface area contributed by atoms with Crippen LogP contribution < -0.4 is 0 Å². The van der Waals surface area contributed by atoms with E-state index in [1.165, 1.54) is 0 Å². The quantitative estimate of drug-likeness (QED) is 0.895. The average molecular weight is 367 g/mol. The van der Waals surface area contributed by atoms with Gasteiger partial charge in [0.05, 0.1) is 6.33 Å². The third kappa shape index (κ3) is 3.86. The molecule has 1 N–H and O–H groups in total. The van der Waals surface area contributed by atoms with Crippen molar-refractivity contribution in [3.05, 3.63) is 48.3 Å². The molecule has 2 aliphatic heterocycles. The standard InChI is InChI=1S/C20H25N5O2/c26-18-5-8-20(13-24(18)11-6-16-12-21-15-23-16)7-3-10-25(14-20)19(27)17-4-1-2-9-22-17/h1-2,4,9,12,15H,3,5-8,10-11,13-14H2,(H,21,23)/t20-/m1/s1. The van der Waals surface area contributed by atoms with Crippen LogP contribution in [0.25, 0.3) is 0 Å². The molecule has 2 amide bonds. The second kappa shape index (κ2) is 7.50. The minimum atomic E-state index is -0.00409. The minimum Gasteiger partial charge on any atom is -0.348 e. The molecule has 2 aromatic rings. The maximum Gasteiger partial charge on any atom is 0.272 e. The number of likely N-dealkylation sites (tertiary alicyclic amines) is 2. The van der Waals surface area contributed by atoms with Crippen molar-refractivity contribution >= 4 is 11.8 Å². The highest BCUT2D eigenvalue weighted by Crippen LogP contribution is 2.39. The van der Waals surface area contributed by atoms with Gasteiger partial charge in [0.15, 0.2) is 0 Å². The molecule has 142 valence electrons. The van der Waals surface area contributed by atoms with Crippen LogP contribution in [0, 0.1) is 5.41 Å². The summed E-state index contributed by atoms with van der Waals surface area (Å²) < 4.78 is 0. The summed E-state index contributed by atoms with van der Waals surface area (Å²) >= 11 is 0. The summed E-state index contributed by atoms with van der Waals surface area (Å²) in [6.07, 6.45) is 9.36. The van der Waals surface area contributed by atoms with Gasteiger partial charge in [-0.15, -0.1) is 0 Å². The van der Waals surface area contributed by atoms with E-state index in [1.807, 2.05) is 21.9 Å². The zero-order valence-electron chi connectivity index (χ0n) is 15.4. The highest BCUT2D eigenvalue weighted by Gasteiger charge is 2.42. The summed E-state index contributed by atoms with van der Waals surface area (Å²) in [5.74, 6) is 0.212. The first-order valence-electron chi connectivity index (χ1n) is 9.61. The molecule has 7 heteroatoms. The third-order valence-electron chi connectivity index (χ3n) is 5.79. The monoisotopic (exact) mass is 367 g/mol. The van der Waals surface area contributed by atoms with Gasteiger partial charge in [0.1, 0.15) is 5.69 Å². The number of hydrogen-bond donors (Lipinski definition) is 1. The lowest BCUT2D eigenvalue weighted by Gasteiger charge is -2.48. The molecular weight excluding hydrogens is 342 g/mol. The van der Waals surface area contributed by atoms with E-state index in [0.717, 1.165) is 44.5 Å². The third-order valence-corrected chi connectivity index (χ3v) is 5.79. The molecule has 2 aliphatic rings. The molecule has 0 aliphatic carbocycles. The van der Waals surface area contributed by atoms with Crippen LogP contribution in [0.3, 0.4) is 0 Å². The maximum atomic E-state index is 12.8. The van der Waals surface area contributed by atoms with Crippen LogP contribution in [-0.4, -0.2) is 62.7 Å². The zero-order valence-corrected chi connectivity index (χ0v) is 15.4. The Morgan fingerprint density at radius 2 is 2.19 bits per heavy atom. The SMILES string of the molecule is O=C1CC[C@]2(CCCN(C(=O)c3ccccn3)C2)CN1CCc1cnc[nH]1. The van der Waals surface area contributed by atoms with E-state index in [-0.39, 0.29) is 17.2 Å². The molecule has 1 atom stereocenters. The van der Waals surface area contributed by atoms with Crippen molar-refractivity contribution in [1.29, 1.82) is 0 Å². The molecular formula is C20H25N5O2. The van der Waals surface area contributed by atoms with Gasteiger partial charge in [-0.1, -0.05) is 6.07 Å². The number of H-pyrrole nitrogens is 1. The van der Waals surface area contributed by atoms with E-state index >= 15 is 0 Å². The number of nitrogens with one attached hydrogen (secondary N) is 1. The van der Waals surface area contributed by atoms with E-state index in [0.29, 0.717) is 25.2 Å². The Morgan fingerprint density at radius 1 is 1.26 bits per heavy atom. The second-order valence-corrected chi connectivity index (χ2v) is 7.69. The Hall–Kier alpha value is -2.70. The summed E-state index contributed by atoms with van der Waals surface area (Å²) in [4.78, 5) is 40.5. The molecule has 0 bridgehead atoms. The Balaban J connectivity index is 1.43. The van der Waals surface area contributed by atoms with Crippen LogP contribution in [0.1, 0.15) is 41.9 Å².